The highest BCUT2D eigenvalue weighted by Gasteiger charge is 2.14. The van der Waals surface area contributed by atoms with Crippen molar-refractivity contribution in [2.24, 2.45) is 0 Å². The average molecular weight is 351 g/mol. The molecule has 0 atom stereocenters. The van der Waals surface area contributed by atoms with Gasteiger partial charge in [0.1, 0.15) is 17.3 Å². The van der Waals surface area contributed by atoms with Crippen LogP contribution in [0.3, 0.4) is 0 Å². The van der Waals surface area contributed by atoms with E-state index in [2.05, 4.69) is 15.9 Å². The molecule has 0 aromatic heterocycles. The molecule has 0 aliphatic carbocycles. The highest BCUT2D eigenvalue weighted by Crippen LogP contribution is 2.32. The maximum atomic E-state index is 13.6. The topological polar surface area (TPSA) is 26.3 Å². The number of halogens is 2. The summed E-state index contributed by atoms with van der Waals surface area (Å²) in [5, 5.41) is 0. The molecular formula is C17H16BrFO2. The number of ether oxygens (including phenoxy) is 1. The highest BCUT2D eigenvalue weighted by atomic mass is 79.9. The third kappa shape index (κ3) is 3.32. The summed E-state index contributed by atoms with van der Waals surface area (Å²) in [4.78, 5) is 11.7. The van der Waals surface area contributed by atoms with Crippen LogP contribution >= 0.6 is 15.9 Å². The lowest BCUT2D eigenvalue weighted by Crippen LogP contribution is -2.00. The molecule has 0 fully saturated rings. The monoisotopic (exact) mass is 350 g/mol. The van der Waals surface area contributed by atoms with E-state index < -0.39 is 5.82 Å². The van der Waals surface area contributed by atoms with Crippen LogP contribution in [-0.4, -0.2) is 5.78 Å². The van der Waals surface area contributed by atoms with Crippen LogP contribution in [0.25, 0.3) is 0 Å². The Kier molecular flexibility index (Phi) is 4.47. The smallest absolute Gasteiger partial charge is 0.163 e. The zero-order valence-corrected chi connectivity index (χ0v) is 14.0. The molecule has 2 rings (SSSR count). The minimum absolute atomic E-state index is 0.227. The molecule has 2 aromatic rings. The summed E-state index contributed by atoms with van der Waals surface area (Å²) in [5.41, 5.74) is 2.76. The van der Waals surface area contributed by atoms with Crippen LogP contribution in [0, 0.1) is 26.6 Å². The Morgan fingerprint density at radius 2 is 1.62 bits per heavy atom. The molecule has 0 saturated heterocycles. The van der Waals surface area contributed by atoms with Crippen molar-refractivity contribution in [3.05, 3.63) is 56.8 Å². The minimum Gasteiger partial charge on any atom is -0.457 e. The summed E-state index contributed by atoms with van der Waals surface area (Å²) in [6.45, 7) is 6.97. The van der Waals surface area contributed by atoms with Gasteiger partial charge in [-0.3, -0.25) is 4.79 Å². The van der Waals surface area contributed by atoms with Gasteiger partial charge in [0.25, 0.3) is 0 Å². The van der Waals surface area contributed by atoms with E-state index in [-0.39, 0.29) is 11.3 Å². The van der Waals surface area contributed by atoms with Crippen LogP contribution in [0.5, 0.6) is 11.5 Å². The van der Waals surface area contributed by atoms with Crippen molar-refractivity contribution in [1.29, 1.82) is 0 Å². The van der Waals surface area contributed by atoms with Gasteiger partial charge < -0.3 is 4.74 Å². The Labute approximate surface area is 132 Å². The number of ketones is 1. The second-order valence-corrected chi connectivity index (χ2v) is 5.92. The van der Waals surface area contributed by atoms with Crippen molar-refractivity contribution in [3.8, 4) is 11.5 Å². The van der Waals surface area contributed by atoms with Crippen molar-refractivity contribution in [1.82, 2.24) is 0 Å². The zero-order valence-electron chi connectivity index (χ0n) is 12.4. The third-order valence-corrected chi connectivity index (χ3v) is 4.53. The summed E-state index contributed by atoms with van der Waals surface area (Å²) in [6.07, 6.45) is 0. The molecule has 0 amide bonds. The van der Waals surface area contributed by atoms with Crippen LogP contribution in [0.4, 0.5) is 4.39 Å². The first-order valence-corrected chi connectivity index (χ1v) is 7.34. The van der Waals surface area contributed by atoms with E-state index >= 15 is 0 Å². The van der Waals surface area contributed by atoms with Gasteiger partial charge in [-0.2, -0.15) is 0 Å². The lowest BCUT2D eigenvalue weighted by Gasteiger charge is -2.13. The fourth-order valence-electron chi connectivity index (χ4n) is 2.11. The number of hydrogen-bond acceptors (Lipinski definition) is 2. The van der Waals surface area contributed by atoms with Crippen molar-refractivity contribution in [2.75, 3.05) is 0 Å². The molecule has 0 N–H and O–H groups in total. The zero-order chi connectivity index (χ0) is 15.7. The lowest BCUT2D eigenvalue weighted by molar-refractivity contribution is 0.101. The standard InChI is InChI=1S/C17H16BrFO2/c1-9-7-16(14(12(4)20)8-15(9)19)21-13-5-10(2)17(18)11(3)6-13/h5-8H,1-4H3. The molecule has 0 unspecified atom stereocenters. The Balaban J connectivity index is 2.48. The molecule has 0 spiro atoms. The largest absolute Gasteiger partial charge is 0.457 e. The fraction of sp³-hybridized carbons (Fsp3) is 0.235. The van der Waals surface area contributed by atoms with Gasteiger partial charge in [0.05, 0.1) is 5.56 Å². The normalized spacial score (nSPS) is 10.6. The number of aryl methyl sites for hydroxylation is 3. The molecule has 0 saturated carbocycles. The highest BCUT2D eigenvalue weighted by molar-refractivity contribution is 9.10. The second-order valence-electron chi connectivity index (χ2n) is 5.13. The Hall–Kier alpha value is -1.68. The quantitative estimate of drug-likeness (QED) is 0.682. The van der Waals surface area contributed by atoms with E-state index in [1.807, 2.05) is 26.0 Å². The van der Waals surface area contributed by atoms with Gasteiger partial charge in [-0.15, -0.1) is 0 Å². The summed E-state index contributed by atoms with van der Waals surface area (Å²) < 4.78 is 20.5. The van der Waals surface area contributed by atoms with E-state index in [1.54, 1.807) is 13.0 Å². The van der Waals surface area contributed by atoms with Crippen LogP contribution in [0.2, 0.25) is 0 Å². The van der Waals surface area contributed by atoms with Gasteiger partial charge in [-0.1, -0.05) is 15.9 Å². The fourth-order valence-corrected chi connectivity index (χ4v) is 2.34. The van der Waals surface area contributed by atoms with Gasteiger partial charge in [0, 0.05) is 4.47 Å². The molecule has 0 aliphatic heterocycles. The van der Waals surface area contributed by atoms with Crippen LogP contribution in [0.15, 0.2) is 28.7 Å². The molecule has 0 radical (unpaired) electrons. The summed E-state index contributed by atoms with van der Waals surface area (Å²) in [7, 11) is 0. The molecule has 0 aliphatic rings. The van der Waals surface area contributed by atoms with Crippen LogP contribution in [-0.2, 0) is 0 Å². The maximum absolute atomic E-state index is 13.6. The van der Waals surface area contributed by atoms with E-state index in [1.165, 1.54) is 13.0 Å². The molecule has 0 bridgehead atoms. The Morgan fingerprint density at radius 1 is 1.05 bits per heavy atom. The summed E-state index contributed by atoms with van der Waals surface area (Å²) in [5.74, 6) is 0.370. The van der Waals surface area contributed by atoms with Gasteiger partial charge >= 0.3 is 0 Å². The van der Waals surface area contributed by atoms with E-state index in [0.717, 1.165) is 15.6 Å². The SMILES string of the molecule is CC(=O)c1cc(F)c(C)cc1Oc1cc(C)c(Br)c(C)c1. The Bertz CT molecular complexity index is 700. The number of benzene rings is 2. The second kappa shape index (κ2) is 5.98. The van der Waals surface area contributed by atoms with Crippen molar-refractivity contribution < 1.29 is 13.9 Å². The molecule has 4 heteroatoms. The number of carbonyl (C=O) groups excluding carboxylic acids is 1. The van der Waals surface area contributed by atoms with Crippen LogP contribution < -0.4 is 4.74 Å². The maximum Gasteiger partial charge on any atom is 0.163 e. The third-order valence-electron chi connectivity index (χ3n) is 3.28. The number of rotatable bonds is 3. The number of Topliss-reactive ketones (excluding diaryl/α,β-unsaturated/α-hetero) is 1. The van der Waals surface area contributed by atoms with E-state index in [9.17, 15) is 9.18 Å². The van der Waals surface area contributed by atoms with Crippen LogP contribution in [0.1, 0.15) is 34.0 Å². The molecule has 0 heterocycles. The minimum atomic E-state index is -0.407. The van der Waals surface area contributed by atoms with Crippen molar-refractivity contribution in [3.63, 3.8) is 0 Å². The first kappa shape index (κ1) is 15.7. The van der Waals surface area contributed by atoms with E-state index in [4.69, 9.17) is 4.74 Å². The molecule has 2 nitrogen and oxygen atoms in total. The van der Waals surface area contributed by atoms with Gasteiger partial charge in [-0.25, -0.2) is 4.39 Å². The first-order chi connectivity index (χ1) is 9.79. The van der Waals surface area contributed by atoms with E-state index in [0.29, 0.717) is 17.1 Å². The molecular weight excluding hydrogens is 335 g/mol. The first-order valence-electron chi connectivity index (χ1n) is 6.55. The molecule has 2 aromatic carbocycles. The van der Waals surface area contributed by atoms with Crippen molar-refractivity contribution in [2.45, 2.75) is 27.7 Å². The average Bonchev–Trinajstić information content (AvgIpc) is 2.39. The molecule has 110 valence electrons. The number of carbonyl (C=O) groups is 1. The van der Waals surface area contributed by atoms with Gasteiger partial charge in [0.2, 0.25) is 0 Å². The predicted octanol–water partition coefficient (Wildman–Crippen LogP) is 5.51. The Morgan fingerprint density at radius 3 is 2.14 bits per heavy atom. The summed E-state index contributed by atoms with van der Waals surface area (Å²) in [6, 6.07) is 6.53. The predicted molar refractivity (Wildman–Crippen MR) is 84.8 cm³/mol. The van der Waals surface area contributed by atoms with Gasteiger partial charge in [-0.05, 0) is 68.7 Å². The number of hydrogen-bond donors (Lipinski definition) is 0. The molecule has 21 heavy (non-hydrogen) atoms. The van der Waals surface area contributed by atoms with Gasteiger partial charge in [0.15, 0.2) is 5.78 Å². The lowest BCUT2D eigenvalue weighted by atomic mass is 10.1. The summed E-state index contributed by atoms with van der Waals surface area (Å²) >= 11 is 3.50. The van der Waals surface area contributed by atoms with Crippen molar-refractivity contribution >= 4 is 21.7 Å².